The second-order valence-corrected chi connectivity index (χ2v) is 23.8. The second kappa shape index (κ2) is 49.4. The maximum atomic E-state index is 3.75. The maximum absolute atomic E-state index is 3.75. The van der Waals surface area contributed by atoms with Crippen LogP contribution in [0.5, 0.6) is 0 Å². The largest absolute Gasteiger partial charge is 0.140 e. The lowest BCUT2D eigenvalue weighted by Crippen LogP contribution is -2.00. The molecule has 0 spiro atoms. The van der Waals surface area contributed by atoms with Crippen molar-refractivity contribution in [3.05, 3.63) is 21.9 Å². The summed E-state index contributed by atoms with van der Waals surface area (Å²) >= 11 is 3.78. The summed E-state index contributed by atoms with van der Waals surface area (Å²) in [6, 6.07) is 0. The minimum Gasteiger partial charge on any atom is -0.140 e. The van der Waals surface area contributed by atoms with Gasteiger partial charge in [-0.25, -0.2) is 0 Å². The molecule has 392 valence electrons. The summed E-state index contributed by atoms with van der Waals surface area (Å²) in [5.41, 5.74) is 2.52. The molecule has 0 bridgehead atoms. The highest BCUT2D eigenvalue weighted by Crippen LogP contribution is 2.34. The molecule has 0 nitrogen and oxygen atoms in total. The molecule has 0 saturated heterocycles. The van der Waals surface area contributed by atoms with Crippen LogP contribution < -0.4 is 0 Å². The van der Waals surface area contributed by atoms with Crippen LogP contribution in [0.25, 0.3) is 9.40 Å². The molecule has 2 aromatic heterocycles. The molecule has 0 amide bonds. The first-order valence-electron chi connectivity index (χ1n) is 31.2. The Morgan fingerprint density at radius 3 is 0.676 bits per heavy atom. The van der Waals surface area contributed by atoms with E-state index in [0.717, 1.165) is 24.7 Å². The normalized spacial score (nSPS) is 12.4. The van der Waals surface area contributed by atoms with Gasteiger partial charge < -0.3 is 0 Å². The minimum absolute atomic E-state index is 0.765. The predicted molar refractivity (Wildman–Crippen MR) is 314 cm³/mol. The van der Waals surface area contributed by atoms with E-state index in [9.17, 15) is 0 Å². The molecule has 0 radical (unpaired) electrons. The van der Waals surface area contributed by atoms with Gasteiger partial charge in [0.05, 0.1) is 20.5 Å². The van der Waals surface area contributed by atoms with E-state index < -0.39 is 0 Å². The summed E-state index contributed by atoms with van der Waals surface area (Å²) in [7, 11) is 0. The third-order valence-electron chi connectivity index (χ3n) is 15.4. The van der Waals surface area contributed by atoms with Gasteiger partial charge in [0, 0.05) is 23.6 Å². The molecule has 0 fully saturated rings. The van der Waals surface area contributed by atoms with Crippen molar-refractivity contribution in [3.63, 3.8) is 0 Å². The standard InChI is InChI=1S/C66H116S2/c1-5-9-13-17-21-25-29-31-35-39-43-47-53-61(51-45-41-37-33-27-23-19-15-11-7-3)55-49-57-63-59-67-66-64(60-68-65(63)66)58-50-56-62(52-46-42-38-34-28-24-20-16-12-8-4)54-48-44-40-36-32-30-26-22-18-14-10-6-2/h59-62H,5-48,51-56H2,1-4H3. The average Bonchev–Trinajstić information content (AvgIpc) is 3.95. The van der Waals surface area contributed by atoms with E-state index in [2.05, 4.69) is 62.1 Å². The lowest BCUT2D eigenvalue weighted by molar-refractivity contribution is 0.409. The quantitative estimate of drug-likeness (QED) is 0.0458. The van der Waals surface area contributed by atoms with Crippen molar-refractivity contribution in [2.24, 2.45) is 11.8 Å². The highest BCUT2D eigenvalue weighted by atomic mass is 32.1. The highest BCUT2D eigenvalue weighted by molar-refractivity contribution is 7.26. The van der Waals surface area contributed by atoms with Crippen LogP contribution >= 0.6 is 22.7 Å². The molecule has 2 rings (SSSR count). The van der Waals surface area contributed by atoms with Gasteiger partial charge in [-0.1, -0.05) is 334 Å². The van der Waals surface area contributed by atoms with Crippen LogP contribution in [0.4, 0.5) is 0 Å². The third-order valence-corrected chi connectivity index (χ3v) is 17.5. The van der Waals surface area contributed by atoms with Crippen molar-refractivity contribution in [3.8, 4) is 23.7 Å². The fourth-order valence-corrected chi connectivity index (χ4v) is 12.8. The molecule has 68 heavy (non-hydrogen) atoms. The predicted octanol–water partition coefficient (Wildman–Crippen LogP) is 24.5. The van der Waals surface area contributed by atoms with Crippen molar-refractivity contribution >= 4 is 32.1 Å². The van der Waals surface area contributed by atoms with E-state index >= 15 is 0 Å². The van der Waals surface area contributed by atoms with Crippen molar-refractivity contribution in [2.75, 3.05) is 0 Å². The lowest BCUT2D eigenvalue weighted by atomic mass is 9.91. The van der Waals surface area contributed by atoms with E-state index in [1.54, 1.807) is 0 Å². The molecule has 0 aliphatic carbocycles. The molecule has 2 aromatic rings. The van der Waals surface area contributed by atoms with Gasteiger partial charge >= 0.3 is 0 Å². The summed E-state index contributed by atoms with van der Waals surface area (Å²) in [5.74, 6) is 16.4. The first kappa shape index (κ1) is 62.9. The molecular formula is C66H116S2. The van der Waals surface area contributed by atoms with Crippen LogP contribution in [0.15, 0.2) is 10.8 Å². The van der Waals surface area contributed by atoms with Crippen LogP contribution in [-0.4, -0.2) is 0 Å². The van der Waals surface area contributed by atoms with Crippen LogP contribution in [0.2, 0.25) is 0 Å². The van der Waals surface area contributed by atoms with Crippen LogP contribution in [0, 0.1) is 35.5 Å². The van der Waals surface area contributed by atoms with Gasteiger partial charge in [0.2, 0.25) is 0 Å². The van der Waals surface area contributed by atoms with Crippen molar-refractivity contribution < 1.29 is 0 Å². The summed E-state index contributed by atoms with van der Waals surface area (Å²) in [5, 5.41) is 4.67. The number of hydrogen-bond acceptors (Lipinski definition) is 2. The maximum Gasteiger partial charge on any atom is 0.0620 e. The van der Waals surface area contributed by atoms with E-state index in [4.69, 9.17) is 0 Å². The number of thiophene rings is 2. The third kappa shape index (κ3) is 36.7. The van der Waals surface area contributed by atoms with Gasteiger partial charge in [-0.2, -0.15) is 0 Å². The average molecular weight is 974 g/mol. The molecule has 0 N–H and O–H groups in total. The number of fused-ring (bicyclic) bond motifs is 1. The fourth-order valence-electron chi connectivity index (χ4n) is 10.7. The second-order valence-electron chi connectivity index (χ2n) is 22.0. The molecule has 0 aliphatic rings. The monoisotopic (exact) mass is 973 g/mol. The van der Waals surface area contributed by atoms with E-state index in [0.29, 0.717) is 0 Å². The fraction of sp³-hybridized carbons (Fsp3) is 0.848. The van der Waals surface area contributed by atoms with Gasteiger partial charge in [0.25, 0.3) is 0 Å². The summed E-state index contributed by atoms with van der Waals surface area (Å²) in [4.78, 5) is 0. The topological polar surface area (TPSA) is 0 Å². The van der Waals surface area contributed by atoms with Crippen molar-refractivity contribution in [1.29, 1.82) is 0 Å². The SMILES string of the molecule is CCCCCCCCCCCCCCC(CC#Cc1csc2c(C#CCC(CCCCCCCCCCCC)CCCCCCCCCCCCCC)csc12)CCCCCCCCCCCC. The van der Waals surface area contributed by atoms with Gasteiger partial charge in [0.15, 0.2) is 0 Å². The Morgan fingerprint density at radius 1 is 0.279 bits per heavy atom. The first-order valence-corrected chi connectivity index (χ1v) is 33.0. The summed E-state index contributed by atoms with van der Waals surface area (Å²) < 4.78 is 2.77. The lowest BCUT2D eigenvalue weighted by Gasteiger charge is -2.14. The van der Waals surface area contributed by atoms with E-state index in [1.165, 1.54) is 329 Å². The zero-order chi connectivity index (χ0) is 48.5. The molecule has 2 heterocycles. The Hall–Kier alpha value is -1.22. The van der Waals surface area contributed by atoms with Crippen molar-refractivity contribution in [1.82, 2.24) is 0 Å². The first-order chi connectivity index (χ1) is 33.7. The van der Waals surface area contributed by atoms with Gasteiger partial charge in [-0.05, 0) is 37.5 Å². The van der Waals surface area contributed by atoms with Gasteiger partial charge in [-0.3, -0.25) is 0 Å². The number of hydrogen-bond donors (Lipinski definition) is 0. The number of rotatable bonds is 50. The van der Waals surface area contributed by atoms with Gasteiger partial charge in [-0.15, -0.1) is 22.7 Å². The smallest absolute Gasteiger partial charge is 0.0620 e. The van der Waals surface area contributed by atoms with Crippen LogP contribution in [0.1, 0.15) is 360 Å². The molecule has 2 unspecified atom stereocenters. The van der Waals surface area contributed by atoms with Crippen LogP contribution in [-0.2, 0) is 0 Å². The van der Waals surface area contributed by atoms with Crippen LogP contribution in [0.3, 0.4) is 0 Å². The Morgan fingerprint density at radius 2 is 0.471 bits per heavy atom. The summed E-state index contributed by atoms with van der Waals surface area (Å²) in [6.45, 7) is 9.28. The summed E-state index contributed by atoms with van der Waals surface area (Å²) in [6.07, 6.45) is 70.5. The molecule has 2 atom stereocenters. The Bertz CT molecular complexity index is 1340. The zero-order valence-electron chi connectivity index (χ0n) is 46.5. The molecule has 0 aliphatic heterocycles. The molecule has 2 heteroatoms. The van der Waals surface area contributed by atoms with E-state index in [-0.39, 0.29) is 0 Å². The molecule has 0 aromatic carbocycles. The van der Waals surface area contributed by atoms with Gasteiger partial charge in [0.1, 0.15) is 0 Å². The highest BCUT2D eigenvalue weighted by Gasteiger charge is 2.12. The van der Waals surface area contributed by atoms with E-state index in [1.807, 2.05) is 22.7 Å². The zero-order valence-corrected chi connectivity index (χ0v) is 48.1. The number of unbranched alkanes of at least 4 members (excludes halogenated alkanes) is 40. The minimum atomic E-state index is 0.765. The Balaban J connectivity index is 1.88. The Labute approximate surface area is 435 Å². The van der Waals surface area contributed by atoms with Crippen molar-refractivity contribution in [2.45, 2.75) is 349 Å². The molecular weight excluding hydrogens is 857 g/mol. The molecule has 0 saturated carbocycles. The Kier molecular flexibility index (Phi) is 45.7.